The minimum absolute atomic E-state index is 0.309. The summed E-state index contributed by atoms with van der Waals surface area (Å²) < 4.78 is 0. The van der Waals surface area contributed by atoms with Crippen LogP contribution in [0, 0.1) is 5.92 Å². The van der Waals surface area contributed by atoms with Crippen molar-refractivity contribution in [2.24, 2.45) is 5.92 Å². The van der Waals surface area contributed by atoms with Crippen LogP contribution in [0.15, 0.2) is 12.2 Å². The summed E-state index contributed by atoms with van der Waals surface area (Å²) in [5.41, 5.74) is 0. The molecule has 1 nitrogen and oxygen atoms in total. The SMILES string of the molecule is CCCCCC(=O)C=CC(CC)CCCC. The second-order valence-corrected chi connectivity index (χ2v) is 4.59. The van der Waals surface area contributed by atoms with E-state index in [0.717, 1.165) is 19.3 Å². The van der Waals surface area contributed by atoms with E-state index in [0.29, 0.717) is 11.7 Å². The van der Waals surface area contributed by atoms with Crippen LogP contribution in [0.5, 0.6) is 0 Å². The van der Waals surface area contributed by atoms with Crippen LogP contribution in [0.4, 0.5) is 0 Å². The van der Waals surface area contributed by atoms with Gasteiger partial charge in [0, 0.05) is 6.42 Å². The van der Waals surface area contributed by atoms with Crippen molar-refractivity contribution in [2.45, 2.75) is 72.1 Å². The van der Waals surface area contributed by atoms with Gasteiger partial charge in [0.05, 0.1) is 0 Å². The third-order valence-corrected chi connectivity index (χ3v) is 3.03. The molecular weight excluding hydrogens is 196 g/mol. The molecule has 0 aliphatic carbocycles. The maximum Gasteiger partial charge on any atom is 0.155 e. The quantitative estimate of drug-likeness (QED) is 0.381. The van der Waals surface area contributed by atoms with Gasteiger partial charge in [-0.05, 0) is 31.3 Å². The average Bonchev–Trinajstić information content (AvgIpc) is 2.30. The van der Waals surface area contributed by atoms with Gasteiger partial charge in [-0.2, -0.15) is 0 Å². The molecule has 1 heteroatoms. The number of carbonyl (C=O) groups excluding carboxylic acids is 1. The first kappa shape index (κ1) is 15.4. The molecule has 0 radical (unpaired) electrons. The predicted molar refractivity (Wildman–Crippen MR) is 71.6 cm³/mol. The molecule has 0 aliphatic heterocycles. The van der Waals surface area contributed by atoms with Crippen molar-refractivity contribution < 1.29 is 4.79 Å². The van der Waals surface area contributed by atoms with Crippen molar-refractivity contribution in [1.82, 2.24) is 0 Å². The number of carbonyl (C=O) groups is 1. The Hall–Kier alpha value is -0.590. The topological polar surface area (TPSA) is 17.1 Å². The first-order valence-electron chi connectivity index (χ1n) is 6.95. The lowest BCUT2D eigenvalue weighted by Crippen LogP contribution is -1.97. The Morgan fingerprint density at radius 2 is 1.75 bits per heavy atom. The molecule has 0 aromatic rings. The second-order valence-electron chi connectivity index (χ2n) is 4.59. The number of ketones is 1. The zero-order chi connectivity index (χ0) is 12.2. The Balaban J connectivity index is 3.79. The molecule has 0 aromatic heterocycles. The maximum absolute atomic E-state index is 11.5. The molecular formula is C15H28O. The highest BCUT2D eigenvalue weighted by Gasteiger charge is 2.02. The van der Waals surface area contributed by atoms with E-state index >= 15 is 0 Å². The van der Waals surface area contributed by atoms with E-state index < -0.39 is 0 Å². The van der Waals surface area contributed by atoms with Crippen LogP contribution in [0.1, 0.15) is 72.1 Å². The van der Waals surface area contributed by atoms with E-state index in [4.69, 9.17) is 0 Å². The number of hydrogen-bond acceptors (Lipinski definition) is 1. The molecule has 0 spiro atoms. The standard InChI is InChI=1S/C15H28O/c1-4-7-9-11-15(16)13-12-14(6-3)10-8-5-2/h12-14H,4-11H2,1-3H3. The smallest absolute Gasteiger partial charge is 0.155 e. The van der Waals surface area contributed by atoms with Crippen LogP contribution >= 0.6 is 0 Å². The molecule has 0 saturated heterocycles. The van der Waals surface area contributed by atoms with Crippen LogP contribution < -0.4 is 0 Å². The number of unbranched alkanes of at least 4 members (excludes halogenated alkanes) is 3. The molecule has 0 amide bonds. The third kappa shape index (κ3) is 8.70. The van der Waals surface area contributed by atoms with Crippen LogP contribution in [0.3, 0.4) is 0 Å². The summed E-state index contributed by atoms with van der Waals surface area (Å²) in [5.74, 6) is 0.915. The van der Waals surface area contributed by atoms with Crippen LogP contribution in [0.25, 0.3) is 0 Å². The number of rotatable bonds is 10. The summed E-state index contributed by atoms with van der Waals surface area (Å²) in [6, 6.07) is 0. The molecule has 94 valence electrons. The van der Waals surface area contributed by atoms with E-state index in [1.807, 2.05) is 6.08 Å². The highest BCUT2D eigenvalue weighted by atomic mass is 16.1. The number of allylic oxidation sites excluding steroid dienone is 2. The first-order valence-corrected chi connectivity index (χ1v) is 6.95. The minimum Gasteiger partial charge on any atom is -0.295 e. The average molecular weight is 224 g/mol. The summed E-state index contributed by atoms with van der Waals surface area (Å²) in [7, 11) is 0. The van der Waals surface area contributed by atoms with Crippen molar-refractivity contribution in [1.29, 1.82) is 0 Å². The molecule has 0 N–H and O–H groups in total. The molecule has 0 bridgehead atoms. The van der Waals surface area contributed by atoms with Gasteiger partial charge in [0.1, 0.15) is 0 Å². The van der Waals surface area contributed by atoms with Crippen molar-refractivity contribution in [3.63, 3.8) is 0 Å². The molecule has 16 heavy (non-hydrogen) atoms. The van der Waals surface area contributed by atoms with Gasteiger partial charge in [0.2, 0.25) is 0 Å². The summed E-state index contributed by atoms with van der Waals surface area (Å²) in [5, 5.41) is 0. The van der Waals surface area contributed by atoms with Crippen molar-refractivity contribution in [3.8, 4) is 0 Å². The largest absolute Gasteiger partial charge is 0.295 e. The second kappa shape index (κ2) is 10.9. The third-order valence-electron chi connectivity index (χ3n) is 3.03. The lowest BCUT2D eigenvalue weighted by atomic mass is 9.98. The molecule has 0 aliphatic rings. The molecule has 1 atom stereocenters. The Morgan fingerprint density at radius 1 is 1.06 bits per heavy atom. The first-order chi connectivity index (χ1) is 7.74. The van der Waals surface area contributed by atoms with E-state index in [1.165, 1.54) is 32.1 Å². The summed E-state index contributed by atoms with van der Waals surface area (Å²) in [6.45, 7) is 6.58. The van der Waals surface area contributed by atoms with Gasteiger partial charge in [-0.1, -0.05) is 52.5 Å². The van der Waals surface area contributed by atoms with Crippen LogP contribution in [0.2, 0.25) is 0 Å². The van der Waals surface area contributed by atoms with Gasteiger partial charge < -0.3 is 0 Å². The van der Waals surface area contributed by atoms with Crippen molar-refractivity contribution in [3.05, 3.63) is 12.2 Å². The molecule has 0 heterocycles. The maximum atomic E-state index is 11.5. The Labute approximate surface area is 101 Å². The van der Waals surface area contributed by atoms with E-state index in [9.17, 15) is 4.79 Å². The van der Waals surface area contributed by atoms with E-state index in [1.54, 1.807) is 0 Å². The van der Waals surface area contributed by atoms with Gasteiger partial charge in [0.15, 0.2) is 5.78 Å². The molecule has 0 aromatic carbocycles. The molecule has 0 rings (SSSR count). The molecule has 0 saturated carbocycles. The Kier molecular flexibility index (Phi) is 10.5. The molecule has 1 unspecified atom stereocenters. The fraction of sp³-hybridized carbons (Fsp3) is 0.800. The fourth-order valence-corrected chi connectivity index (χ4v) is 1.78. The highest BCUT2D eigenvalue weighted by molar-refractivity contribution is 5.89. The van der Waals surface area contributed by atoms with Gasteiger partial charge >= 0.3 is 0 Å². The molecule has 0 fully saturated rings. The lowest BCUT2D eigenvalue weighted by Gasteiger charge is -2.08. The summed E-state index contributed by atoms with van der Waals surface area (Å²) in [6.07, 6.45) is 13.0. The van der Waals surface area contributed by atoms with Gasteiger partial charge in [-0.3, -0.25) is 4.79 Å². The summed E-state index contributed by atoms with van der Waals surface area (Å²) >= 11 is 0. The lowest BCUT2D eigenvalue weighted by molar-refractivity contribution is -0.114. The van der Waals surface area contributed by atoms with E-state index in [-0.39, 0.29) is 0 Å². The zero-order valence-electron chi connectivity index (χ0n) is 11.3. The van der Waals surface area contributed by atoms with Crippen molar-refractivity contribution in [2.75, 3.05) is 0 Å². The Bertz CT molecular complexity index is 194. The highest BCUT2D eigenvalue weighted by Crippen LogP contribution is 2.14. The van der Waals surface area contributed by atoms with Crippen molar-refractivity contribution >= 4 is 5.78 Å². The van der Waals surface area contributed by atoms with Crippen LogP contribution in [-0.4, -0.2) is 5.78 Å². The summed E-state index contributed by atoms with van der Waals surface area (Å²) in [4.78, 5) is 11.5. The van der Waals surface area contributed by atoms with Crippen LogP contribution in [-0.2, 0) is 4.79 Å². The minimum atomic E-state index is 0.309. The fourth-order valence-electron chi connectivity index (χ4n) is 1.78. The number of hydrogen-bond donors (Lipinski definition) is 0. The normalized spacial score (nSPS) is 13.2. The van der Waals surface area contributed by atoms with Gasteiger partial charge in [-0.25, -0.2) is 0 Å². The van der Waals surface area contributed by atoms with Gasteiger partial charge in [-0.15, -0.1) is 0 Å². The monoisotopic (exact) mass is 224 g/mol. The predicted octanol–water partition coefficient (Wildman–Crippen LogP) is 4.91. The van der Waals surface area contributed by atoms with E-state index in [2.05, 4.69) is 26.8 Å². The van der Waals surface area contributed by atoms with Gasteiger partial charge in [0.25, 0.3) is 0 Å². The Morgan fingerprint density at radius 3 is 2.31 bits per heavy atom. The zero-order valence-corrected chi connectivity index (χ0v) is 11.3.